The lowest BCUT2D eigenvalue weighted by Gasteiger charge is -2.32. The Morgan fingerprint density at radius 1 is 0.833 bits per heavy atom. The van der Waals surface area contributed by atoms with E-state index in [0.717, 1.165) is 102 Å². The van der Waals surface area contributed by atoms with E-state index in [0.29, 0.717) is 11.3 Å². The van der Waals surface area contributed by atoms with Crippen molar-refractivity contribution in [2.45, 2.75) is 62.4 Å². The van der Waals surface area contributed by atoms with E-state index in [2.05, 4.69) is 14.9 Å². The number of nitrogens with zero attached hydrogens (tertiary/aromatic N) is 2. The molecule has 5 rings (SSSR count). The number of alkyl halides is 3. The summed E-state index contributed by atoms with van der Waals surface area (Å²) in [6.07, 6.45) is 3.43. The second-order valence-electron chi connectivity index (χ2n) is 10.7. The predicted molar refractivity (Wildman–Crippen MR) is 153 cm³/mol. The third-order valence-electron chi connectivity index (χ3n) is 7.70. The van der Waals surface area contributed by atoms with E-state index in [4.69, 9.17) is 9.90 Å². The van der Waals surface area contributed by atoms with Crippen LogP contribution in [0.4, 0.5) is 24.5 Å². The number of hydrogen-bond donors (Lipinski definition) is 3. The molecule has 230 valence electrons. The van der Waals surface area contributed by atoms with E-state index in [9.17, 15) is 26.4 Å². The van der Waals surface area contributed by atoms with E-state index >= 15 is 0 Å². The van der Waals surface area contributed by atoms with Crippen LogP contribution in [0, 0.1) is 0 Å². The number of sulfonamides is 1. The Kier molecular flexibility index (Phi) is 10.4. The Balaban J connectivity index is 0.000000517. The largest absolute Gasteiger partial charge is 0.490 e. The summed E-state index contributed by atoms with van der Waals surface area (Å²) in [6, 6.07) is 10.9. The number of carbonyl (C=O) groups excluding carboxylic acids is 1. The molecule has 0 saturated carbocycles. The molecule has 3 aliphatic rings. The molecule has 3 N–H and O–H groups in total. The van der Waals surface area contributed by atoms with Gasteiger partial charge in [0.2, 0.25) is 0 Å². The summed E-state index contributed by atoms with van der Waals surface area (Å²) >= 11 is 0. The van der Waals surface area contributed by atoms with E-state index < -0.39 is 22.2 Å². The fraction of sp³-hybridized carbons (Fsp3) is 0.517. The number of rotatable bonds is 5. The van der Waals surface area contributed by atoms with E-state index in [1.807, 2.05) is 23.1 Å². The average molecular weight is 611 g/mol. The van der Waals surface area contributed by atoms with Crippen molar-refractivity contribution in [1.29, 1.82) is 0 Å². The van der Waals surface area contributed by atoms with Crippen molar-refractivity contribution in [3.05, 3.63) is 53.1 Å². The van der Waals surface area contributed by atoms with Crippen LogP contribution in [-0.4, -0.2) is 75.7 Å². The number of aliphatic carboxylic acids is 1. The minimum absolute atomic E-state index is 0.00439. The minimum Gasteiger partial charge on any atom is -0.475 e. The lowest BCUT2D eigenvalue weighted by molar-refractivity contribution is -0.192. The zero-order valence-corrected chi connectivity index (χ0v) is 24.2. The molecule has 0 spiro atoms. The van der Waals surface area contributed by atoms with Gasteiger partial charge in [-0.2, -0.15) is 13.2 Å². The molecular formula is C29H37F3N4O5S. The van der Waals surface area contributed by atoms with Crippen molar-refractivity contribution in [2.75, 3.05) is 48.9 Å². The number of benzene rings is 2. The highest BCUT2D eigenvalue weighted by Gasteiger charge is 2.38. The zero-order valence-electron chi connectivity index (χ0n) is 23.4. The van der Waals surface area contributed by atoms with Crippen molar-refractivity contribution in [3.63, 3.8) is 0 Å². The predicted octanol–water partition coefficient (Wildman–Crippen LogP) is 4.43. The second kappa shape index (κ2) is 13.8. The number of hydrogen-bond acceptors (Lipinski definition) is 6. The van der Waals surface area contributed by atoms with Crippen molar-refractivity contribution in [3.8, 4) is 0 Å². The van der Waals surface area contributed by atoms with Gasteiger partial charge in [-0.15, -0.1) is 0 Å². The monoisotopic (exact) mass is 610 g/mol. The standard InChI is InChI=1S/C27H36N4O3S.C2HF3O2/c32-27(31-15-5-1-2-6-16-31)25-20-23(10-12-26(25)30-17-13-28-14-18-30)29-35(33,34)24-11-9-21-7-3-4-8-22(21)19-24;3-2(4,5)1(6)7/h9-12,19-20,28-29H,1-8,13-18H2;(H,6,7). The van der Waals surface area contributed by atoms with Gasteiger partial charge >= 0.3 is 12.1 Å². The Labute approximate surface area is 244 Å². The molecule has 1 aliphatic carbocycles. The van der Waals surface area contributed by atoms with Gasteiger partial charge < -0.3 is 20.2 Å². The number of fused-ring (bicyclic) bond motifs is 1. The van der Waals surface area contributed by atoms with Gasteiger partial charge in [-0.1, -0.05) is 18.9 Å². The van der Waals surface area contributed by atoms with Crippen LogP contribution in [-0.2, 0) is 27.7 Å². The number of piperazine rings is 1. The molecular weight excluding hydrogens is 573 g/mol. The molecule has 2 saturated heterocycles. The highest BCUT2D eigenvalue weighted by Crippen LogP contribution is 2.30. The SMILES string of the molecule is O=C(O)C(F)(F)F.O=C(c1cc(NS(=O)(=O)c2ccc3c(c2)CCCC3)ccc1N1CCNCC1)N1CCCCCC1. The Bertz CT molecular complexity index is 1370. The summed E-state index contributed by atoms with van der Waals surface area (Å²) in [6.45, 7) is 4.88. The van der Waals surface area contributed by atoms with Crippen molar-refractivity contribution in [2.24, 2.45) is 0 Å². The van der Waals surface area contributed by atoms with Crippen molar-refractivity contribution >= 4 is 33.3 Å². The highest BCUT2D eigenvalue weighted by atomic mass is 32.2. The fourth-order valence-corrected chi connectivity index (χ4v) is 6.59. The number of likely N-dealkylation sites (tertiary alicyclic amines) is 1. The molecule has 2 heterocycles. The second-order valence-corrected chi connectivity index (χ2v) is 12.4. The van der Waals surface area contributed by atoms with Gasteiger partial charge in [0.1, 0.15) is 0 Å². The molecule has 0 unspecified atom stereocenters. The molecule has 2 aliphatic heterocycles. The molecule has 0 bridgehead atoms. The molecule has 0 aromatic heterocycles. The summed E-state index contributed by atoms with van der Waals surface area (Å²) in [7, 11) is -3.76. The van der Waals surface area contributed by atoms with Gasteiger partial charge in [-0.3, -0.25) is 9.52 Å². The van der Waals surface area contributed by atoms with Gasteiger partial charge in [0.15, 0.2) is 0 Å². The van der Waals surface area contributed by atoms with Crippen LogP contribution >= 0.6 is 0 Å². The van der Waals surface area contributed by atoms with Gasteiger partial charge in [0, 0.05) is 50.6 Å². The number of carbonyl (C=O) groups is 2. The number of anilines is 2. The van der Waals surface area contributed by atoms with Crippen molar-refractivity contribution < 1.29 is 36.3 Å². The molecule has 2 fully saturated rings. The Morgan fingerprint density at radius 2 is 1.45 bits per heavy atom. The van der Waals surface area contributed by atoms with Gasteiger partial charge in [0.25, 0.3) is 15.9 Å². The van der Waals surface area contributed by atoms with E-state index in [-0.39, 0.29) is 10.8 Å². The molecule has 0 atom stereocenters. The molecule has 9 nitrogen and oxygen atoms in total. The fourth-order valence-electron chi connectivity index (χ4n) is 5.49. The summed E-state index contributed by atoms with van der Waals surface area (Å²) in [5, 5.41) is 10.5. The van der Waals surface area contributed by atoms with Crippen LogP contribution in [0.1, 0.15) is 60.0 Å². The zero-order chi connectivity index (χ0) is 30.3. The lowest BCUT2D eigenvalue weighted by atomic mass is 9.92. The summed E-state index contributed by atoms with van der Waals surface area (Å²) in [5.74, 6) is -2.76. The number of aryl methyl sites for hydroxylation is 2. The first-order valence-electron chi connectivity index (χ1n) is 14.3. The molecule has 2 aromatic rings. The molecule has 13 heteroatoms. The number of nitrogens with one attached hydrogen (secondary N) is 2. The van der Waals surface area contributed by atoms with Crippen LogP contribution in [0.15, 0.2) is 41.3 Å². The third kappa shape index (κ3) is 8.15. The summed E-state index contributed by atoms with van der Waals surface area (Å²) < 4.78 is 61.0. The van der Waals surface area contributed by atoms with Gasteiger partial charge in [0.05, 0.1) is 10.5 Å². The summed E-state index contributed by atoms with van der Waals surface area (Å²) in [4.78, 5) is 27.0. The third-order valence-corrected chi connectivity index (χ3v) is 9.08. The first kappa shape index (κ1) is 31.6. The molecule has 1 amide bonds. The molecule has 0 radical (unpaired) electrons. The Hall–Kier alpha value is -3.32. The number of carboxylic acid groups (broad SMARTS) is 1. The number of amides is 1. The maximum absolute atomic E-state index is 13.7. The maximum Gasteiger partial charge on any atom is 0.490 e. The summed E-state index contributed by atoms with van der Waals surface area (Å²) in [5.41, 5.74) is 4.28. The minimum atomic E-state index is -5.08. The first-order chi connectivity index (χ1) is 20.0. The first-order valence-corrected chi connectivity index (χ1v) is 15.8. The number of halogens is 3. The quantitative estimate of drug-likeness (QED) is 0.459. The normalized spacial score (nSPS) is 17.8. The Morgan fingerprint density at radius 3 is 2.07 bits per heavy atom. The van der Waals surface area contributed by atoms with E-state index in [1.54, 1.807) is 18.2 Å². The molecule has 2 aromatic carbocycles. The van der Waals surface area contributed by atoms with Gasteiger partial charge in [-0.05, 0) is 80.0 Å². The molecule has 42 heavy (non-hydrogen) atoms. The lowest BCUT2D eigenvalue weighted by Crippen LogP contribution is -2.44. The van der Waals surface area contributed by atoms with Gasteiger partial charge in [-0.25, -0.2) is 13.2 Å². The average Bonchev–Trinajstić information content (AvgIpc) is 3.26. The highest BCUT2D eigenvalue weighted by molar-refractivity contribution is 7.92. The van der Waals surface area contributed by atoms with Crippen LogP contribution in [0.25, 0.3) is 0 Å². The van der Waals surface area contributed by atoms with Crippen LogP contribution in [0.2, 0.25) is 0 Å². The number of carboxylic acids is 1. The van der Waals surface area contributed by atoms with Crippen LogP contribution in [0.3, 0.4) is 0 Å². The topological polar surface area (TPSA) is 119 Å². The van der Waals surface area contributed by atoms with Crippen LogP contribution < -0.4 is 14.9 Å². The van der Waals surface area contributed by atoms with Crippen LogP contribution in [0.5, 0.6) is 0 Å². The maximum atomic E-state index is 13.7. The van der Waals surface area contributed by atoms with Crippen molar-refractivity contribution in [1.82, 2.24) is 10.2 Å². The smallest absolute Gasteiger partial charge is 0.475 e. The van der Waals surface area contributed by atoms with E-state index in [1.165, 1.54) is 5.56 Å².